The van der Waals surface area contributed by atoms with Gasteiger partial charge in [-0.3, -0.25) is 4.79 Å². The summed E-state index contributed by atoms with van der Waals surface area (Å²) >= 11 is 1.73. The Bertz CT molecular complexity index is 810. The second-order valence-electron chi connectivity index (χ2n) is 6.25. The summed E-state index contributed by atoms with van der Waals surface area (Å²) in [6.07, 6.45) is 3.47. The molecule has 1 aliphatic heterocycles. The molecule has 2 heterocycles. The van der Waals surface area contributed by atoms with Crippen LogP contribution < -0.4 is 0 Å². The lowest BCUT2D eigenvalue weighted by atomic mass is 10.1. The quantitative estimate of drug-likeness (QED) is 0.698. The van der Waals surface area contributed by atoms with E-state index in [-0.39, 0.29) is 11.9 Å². The van der Waals surface area contributed by atoms with Crippen LogP contribution >= 0.6 is 11.3 Å². The van der Waals surface area contributed by atoms with Crippen LogP contribution in [-0.4, -0.2) is 22.3 Å². The van der Waals surface area contributed by atoms with Gasteiger partial charge < -0.3 is 4.90 Å². The van der Waals surface area contributed by atoms with Gasteiger partial charge in [0.2, 0.25) is 5.91 Å². The maximum absolute atomic E-state index is 12.7. The van der Waals surface area contributed by atoms with Crippen LogP contribution in [0.4, 0.5) is 0 Å². The van der Waals surface area contributed by atoms with Crippen molar-refractivity contribution < 1.29 is 4.79 Å². The van der Waals surface area contributed by atoms with E-state index >= 15 is 0 Å². The van der Waals surface area contributed by atoms with E-state index < -0.39 is 0 Å². The molecule has 4 rings (SSSR count). The standard InChI is InChI=1S/C20H20N2OS/c23-19(13-12-15-7-2-1-3-8-15)22-14-6-10-17(22)20-21-16-9-4-5-11-18(16)24-20/h1-5,7-9,11,17H,6,10,12-14H2/t17-/m0/s1. The van der Waals surface area contributed by atoms with Gasteiger partial charge in [0.15, 0.2) is 0 Å². The molecule has 1 aromatic heterocycles. The number of thiazole rings is 1. The molecular weight excluding hydrogens is 316 g/mol. The lowest BCUT2D eigenvalue weighted by molar-refractivity contribution is -0.132. The number of nitrogens with zero attached hydrogens (tertiary/aromatic N) is 2. The van der Waals surface area contributed by atoms with Crippen LogP contribution in [0.5, 0.6) is 0 Å². The largest absolute Gasteiger partial charge is 0.333 e. The van der Waals surface area contributed by atoms with Crippen LogP contribution in [0.25, 0.3) is 10.2 Å². The summed E-state index contributed by atoms with van der Waals surface area (Å²) < 4.78 is 1.20. The fourth-order valence-corrected chi connectivity index (χ4v) is 4.51. The van der Waals surface area contributed by atoms with Gasteiger partial charge in [-0.2, -0.15) is 0 Å². The fraction of sp³-hybridized carbons (Fsp3) is 0.300. The first-order valence-corrected chi connectivity index (χ1v) is 9.32. The van der Waals surface area contributed by atoms with Crippen LogP contribution in [0.15, 0.2) is 54.6 Å². The number of rotatable bonds is 4. The molecule has 0 radical (unpaired) electrons. The molecular formula is C20H20N2OS. The third kappa shape index (κ3) is 3.06. The highest BCUT2D eigenvalue weighted by atomic mass is 32.1. The monoisotopic (exact) mass is 336 g/mol. The molecule has 4 heteroatoms. The van der Waals surface area contributed by atoms with Crippen molar-refractivity contribution in [3.8, 4) is 0 Å². The number of carbonyl (C=O) groups excluding carboxylic acids is 1. The molecule has 122 valence electrons. The normalized spacial score (nSPS) is 17.5. The summed E-state index contributed by atoms with van der Waals surface area (Å²) in [7, 11) is 0. The fourth-order valence-electron chi connectivity index (χ4n) is 3.39. The van der Waals surface area contributed by atoms with Crippen LogP contribution in [0.1, 0.15) is 35.9 Å². The second kappa shape index (κ2) is 6.73. The highest BCUT2D eigenvalue weighted by Crippen LogP contribution is 2.36. The Morgan fingerprint density at radius 2 is 1.92 bits per heavy atom. The lowest BCUT2D eigenvalue weighted by Crippen LogP contribution is -2.30. The van der Waals surface area contributed by atoms with E-state index in [2.05, 4.69) is 18.2 Å². The molecule has 1 amide bonds. The molecule has 3 aromatic rings. The Morgan fingerprint density at radius 3 is 2.75 bits per heavy atom. The number of carbonyl (C=O) groups is 1. The van der Waals surface area contributed by atoms with E-state index in [0.717, 1.165) is 36.3 Å². The molecule has 1 fully saturated rings. The predicted molar refractivity (Wildman–Crippen MR) is 98.1 cm³/mol. The molecule has 1 aliphatic rings. The summed E-state index contributed by atoms with van der Waals surface area (Å²) in [4.78, 5) is 19.5. The molecule has 0 N–H and O–H groups in total. The van der Waals surface area contributed by atoms with Gasteiger partial charge in [-0.15, -0.1) is 11.3 Å². The second-order valence-corrected chi connectivity index (χ2v) is 7.31. The summed E-state index contributed by atoms with van der Waals surface area (Å²) in [5.41, 5.74) is 2.27. The number of hydrogen-bond acceptors (Lipinski definition) is 3. The average Bonchev–Trinajstić information content (AvgIpc) is 3.26. The summed E-state index contributed by atoms with van der Waals surface area (Å²) in [6, 6.07) is 18.6. The van der Waals surface area contributed by atoms with Crippen molar-refractivity contribution in [1.29, 1.82) is 0 Å². The van der Waals surface area contributed by atoms with Gasteiger partial charge in [0.1, 0.15) is 5.01 Å². The average molecular weight is 336 g/mol. The molecule has 1 saturated heterocycles. The first kappa shape index (κ1) is 15.3. The molecule has 0 unspecified atom stereocenters. The Labute approximate surface area is 146 Å². The zero-order chi connectivity index (χ0) is 16.4. The Kier molecular flexibility index (Phi) is 4.30. The number of likely N-dealkylation sites (tertiary alicyclic amines) is 1. The van der Waals surface area contributed by atoms with Crippen LogP contribution in [0, 0.1) is 0 Å². The molecule has 0 saturated carbocycles. The van der Waals surface area contributed by atoms with Crippen molar-refractivity contribution in [3.05, 3.63) is 65.2 Å². The number of fused-ring (bicyclic) bond motifs is 1. The van der Waals surface area contributed by atoms with Crippen molar-refractivity contribution in [2.75, 3.05) is 6.54 Å². The van der Waals surface area contributed by atoms with E-state index in [0.29, 0.717) is 6.42 Å². The smallest absolute Gasteiger partial charge is 0.223 e. The predicted octanol–water partition coefficient (Wildman–Crippen LogP) is 4.59. The van der Waals surface area contributed by atoms with Crippen molar-refractivity contribution in [1.82, 2.24) is 9.88 Å². The Balaban J connectivity index is 1.48. The maximum atomic E-state index is 12.7. The van der Waals surface area contributed by atoms with Crippen LogP contribution in [-0.2, 0) is 11.2 Å². The summed E-state index contributed by atoms with van der Waals surface area (Å²) in [5, 5.41) is 1.08. The molecule has 0 spiro atoms. The zero-order valence-electron chi connectivity index (χ0n) is 13.5. The van der Waals surface area contributed by atoms with Crippen molar-refractivity contribution >= 4 is 27.5 Å². The van der Waals surface area contributed by atoms with E-state index in [1.54, 1.807) is 11.3 Å². The van der Waals surface area contributed by atoms with E-state index in [9.17, 15) is 4.79 Å². The van der Waals surface area contributed by atoms with Crippen molar-refractivity contribution in [3.63, 3.8) is 0 Å². The highest BCUT2D eigenvalue weighted by molar-refractivity contribution is 7.18. The number of aryl methyl sites for hydroxylation is 1. The molecule has 0 aliphatic carbocycles. The van der Waals surface area contributed by atoms with Gasteiger partial charge >= 0.3 is 0 Å². The summed E-state index contributed by atoms with van der Waals surface area (Å²) in [6.45, 7) is 0.855. The van der Waals surface area contributed by atoms with Gasteiger partial charge in [0.25, 0.3) is 0 Å². The van der Waals surface area contributed by atoms with E-state index in [1.807, 2.05) is 41.3 Å². The first-order valence-electron chi connectivity index (χ1n) is 8.50. The van der Waals surface area contributed by atoms with Crippen LogP contribution in [0.3, 0.4) is 0 Å². The van der Waals surface area contributed by atoms with Gasteiger partial charge in [-0.1, -0.05) is 42.5 Å². The minimum absolute atomic E-state index is 0.158. The van der Waals surface area contributed by atoms with Gasteiger partial charge in [0.05, 0.1) is 16.3 Å². The molecule has 2 aromatic carbocycles. The number of para-hydroxylation sites is 1. The van der Waals surface area contributed by atoms with Crippen molar-refractivity contribution in [2.24, 2.45) is 0 Å². The third-order valence-electron chi connectivity index (χ3n) is 4.64. The molecule has 3 nitrogen and oxygen atoms in total. The Morgan fingerprint density at radius 1 is 1.12 bits per heavy atom. The van der Waals surface area contributed by atoms with Gasteiger partial charge in [0, 0.05) is 13.0 Å². The minimum Gasteiger partial charge on any atom is -0.333 e. The number of aromatic nitrogens is 1. The number of amides is 1. The molecule has 1 atom stereocenters. The first-order chi connectivity index (χ1) is 11.8. The lowest BCUT2D eigenvalue weighted by Gasteiger charge is -2.23. The van der Waals surface area contributed by atoms with Gasteiger partial charge in [-0.05, 0) is 37.0 Å². The summed E-state index contributed by atoms with van der Waals surface area (Å²) in [5.74, 6) is 0.251. The topological polar surface area (TPSA) is 33.2 Å². The SMILES string of the molecule is O=C(CCc1ccccc1)N1CCC[C@H]1c1nc2ccccc2s1. The third-order valence-corrected chi connectivity index (χ3v) is 5.78. The van der Waals surface area contributed by atoms with Crippen LogP contribution in [0.2, 0.25) is 0 Å². The highest BCUT2D eigenvalue weighted by Gasteiger charge is 2.31. The van der Waals surface area contributed by atoms with E-state index in [4.69, 9.17) is 4.98 Å². The molecule has 0 bridgehead atoms. The van der Waals surface area contributed by atoms with Gasteiger partial charge in [-0.25, -0.2) is 4.98 Å². The number of benzene rings is 2. The van der Waals surface area contributed by atoms with E-state index in [1.165, 1.54) is 10.3 Å². The minimum atomic E-state index is 0.158. The molecule has 24 heavy (non-hydrogen) atoms. The van der Waals surface area contributed by atoms with Crippen molar-refractivity contribution in [2.45, 2.75) is 31.7 Å². The maximum Gasteiger partial charge on any atom is 0.223 e. The Hall–Kier alpha value is -2.20. The zero-order valence-corrected chi connectivity index (χ0v) is 14.3. The number of hydrogen-bond donors (Lipinski definition) is 0.